The first-order valence-electron chi connectivity index (χ1n) is 3.16. The van der Waals surface area contributed by atoms with Crippen molar-refractivity contribution in [3.8, 4) is 0 Å². The number of aryl methyl sites for hydroxylation is 1. The molecule has 1 rings (SSSR count). The Labute approximate surface area is 68.8 Å². The van der Waals surface area contributed by atoms with Gasteiger partial charge < -0.3 is 0 Å². The Morgan fingerprint density at radius 1 is 1.45 bits per heavy atom. The van der Waals surface area contributed by atoms with Crippen LogP contribution in [0.25, 0.3) is 0 Å². The summed E-state index contributed by atoms with van der Waals surface area (Å²) in [6.45, 7) is 0.719. The molecule has 1 aromatic carbocycles. The van der Waals surface area contributed by atoms with E-state index in [1.165, 1.54) is 12.1 Å². The van der Waals surface area contributed by atoms with E-state index in [4.69, 9.17) is 11.6 Å². The third-order valence-electron chi connectivity index (χ3n) is 1.51. The van der Waals surface area contributed by atoms with Crippen molar-refractivity contribution < 1.29 is 8.78 Å². The highest BCUT2D eigenvalue weighted by atomic mass is 35.5. The zero-order chi connectivity index (χ0) is 8.43. The Bertz CT molecular complexity index is 271. The molecule has 60 valence electrons. The van der Waals surface area contributed by atoms with E-state index in [-0.39, 0.29) is 10.6 Å². The molecule has 0 saturated heterocycles. The van der Waals surface area contributed by atoms with Gasteiger partial charge in [-0.15, -0.1) is 0 Å². The van der Waals surface area contributed by atoms with Gasteiger partial charge in [-0.1, -0.05) is 17.7 Å². The van der Waals surface area contributed by atoms with Crippen molar-refractivity contribution in [1.29, 1.82) is 0 Å². The molecule has 0 nitrogen and oxygen atoms in total. The van der Waals surface area contributed by atoms with Crippen LogP contribution >= 0.6 is 11.6 Å². The van der Waals surface area contributed by atoms with Crippen LogP contribution < -0.4 is 0 Å². The summed E-state index contributed by atoms with van der Waals surface area (Å²) in [5, 5.41) is 0.149. The molecule has 0 N–H and O–H groups in total. The summed E-state index contributed by atoms with van der Waals surface area (Å²) in [6, 6.07) is 3.02. The fourth-order valence-corrected chi connectivity index (χ4v) is 1.03. The highest BCUT2D eigenvalue weighted by Crippen LogP contribution is 2.22. The Morgan fingerprint density at radius 2 is 2.09 bits per heavy atom. The van der Waals surface area contributed by atoms with Gasteiger partial charge in [-0.2, -0.15) is 0 Å². The van der Waals surface area contributed by atoms with Crippen LogP contribution in [-0.2, 0) is 6.67 Å². The van der Waals surface area contributed by atoms with Crippen molar-refractivity contribution in [2.75, 3.05) is 0 Å². The van der Waals surface area contributed by atoms with Gasteiger partial charge in [0.15, 0.2) is 0 Å². The van der Waals surface area contributed by atoms with Crippen molar-refractivity contribution >= 4 is 11.6 Å². The summed E-state index contributed by atoms with van der Waals surface area (Å²) in [5.41, 5.74) is 0.369. The molecule has 0 amide bonds. The highest BCUT2D eigenvalue weighted by Gasteiger charge is 2.08. The second-order valence-corrected chi connectivity index (χ2v) is 2.70. The largest absolute Gasteiger partial charge is 0.246 e. The summed E-state index contributed by atoms with van der Waals surface area (Å²) in [5.74, 6) is -0.542. The SMILES string of the molecule is Cc1ccc(Cl)c(CF)c1F. The molecule has 0 aliphatic heterocycles. The van der Waals surface area contributed by atoms with Gasteiger partial charge in [0.1, 0.15) is 12.5 Å². The topological polar surface area (TPSA) is 0 Å². The second-order valence-electron chi connectivity index (χ2n) is 2.29. The summed E-state index contributed by atoms with van der Waals surface area (Å²) in [4.78, 5) is 0. The molecule has 0 spiro atoms. The third-order valence-corrected chi connectivity index (χ3v) is 1.87. The minimum Gasteiger partial charge on any atom is -0.246 e. The van der Waals surface area contributed by atoms with Crippen LogP contribution in [0, 0.1) is 12.7 Å². The minimum atomic E-state index is -0.855. The van der Waals surface area contributed by atoms with Crippen LogP contribution in [0.2, 0.25) is 5.02 Å². The van der Waals surface area contributed by atoms with Crippen LogP contribution in [0.1, 0.15) is 11.1 Å². The van der Waals surface area contributed by atoms with Gasteiger partial charge in [0.25, 0.3) is 0 Å². The summed E-state index contributed by atoms with van der Waals surface area (Å²) < 4.78 is 25.0. The lowest BCUT2D eigenvalue weighted by molar-refractivity contribution is 0.462. The Morgan fingerprint density at radius 3 is 2.55 bits per heavy atom. The zero-order valence-electron chi connectivity index (χ0n) is 6.00. The molecule has 0 heterocycles. The first kappa shape index (κ1) is 8.47. The van der Waals surface area contributed by atoms with Crippen molar-refractivity contribution in [1.82, 2.24) is 0 Å². The van der Waals surface area contributed by atoms with Gasteiger partial charge in [-0.3, -0.25) is 0 Å². The van der Waals surface area contributed by atoms with Gasteiger partial charge in [0.2, 0.25) is 0 Å². The molecule has 0 aliphatic rings. The average molecular weight is 177 g/mol. The number of rotatable bonds is 1. The fourth-order valence-electron chi connectivity index (χ4n) is 0.837. The minimum absolute atomic E-state index is 0.0494. The lowest BCUT2D eigenvalue weighted by Gasteiger charge is -2.02. The lowest BCUT2D eigenvalue weighted by atomic mass is 10.1. The molecule has 0 saturated carbocycles. The average Bonchev–Trinajstić information content (AvgIpc) is 1.99. The zero-order valence-corrected chi connectivity index (χ0v) is 6.75. The maximum absolute atomic E-state index is 12.9. The predicted octanol–water partition coefficient (Wildman–Crippen LogP) is 3.26. The summed E-state index contributed by atoms with van der Waals surface area (Å²) in [7, 11) is 0. The quantitative estimate of drug-likeness (QED) is 0.616. The van der Waals surface area contributed by atoms with Gasteiger partial charge in [0, 0.05) is 10.6 Å². The van der Waals surface area contributed by atoms with E-state index in [2.05, 4.69) is 0 Å². The van der Waals surface area contributed by atoms with Crippen LogP contribution in [0.3, 0.4) is 0 Å². The van der Waals surface area contributed by atoms with Crippen LogP contribution in [0.15, 0.2) is 12.1 Å². The van der Waals surface area contributed by atoms with Gasteiger partial charge in [0.05, 0.1) is 0 Å². The van der Waals surface area contributed by atoms with E-state index in [0.29, 0.717) is 5.56 Å². The van der Waals surface area contributed by atoms with Crippen molar-refractivity contribution in [2.45, 2.75) is 13.6 Å². The molecule has 3 heteroatoms. The number of hydrogen-bond acceptors (Lipinski definition) is 0. The second kappa shape index (κ2) is 3.18. The highest BCUT2D eigenvalue weighted by molar-refractivity contribution is 6.31. The number of benzene rings is 1. The molecule has 0 radical (unpaired) electrons. The lowest BCUT2D eigenvalue weighted by Crippen LogP contribution is -1.91. The maximum atomic E-state index is 12.9. The Kier molecular flexibility index (Phi) is 2.45. The van der Waals surface area contributed by atoms with Gasteiger partial charge in [-0.25, -0.2) is 8.78 Å². The molecule has 0 atom stereocenters. The van der Waals surface area contributed by atoms with E-state index in [1.807, 2.05) is 0 Å². The van der Waals surface area contributed by atoms with Gasteiger partial charge >= 0.3 is 0 Å². The maximum Gasteiger partial charge on any atom is 0.133 e. The number of alkyl halides is 1. The number of halogens is 3. The molecular weight excluding hydrogens is 170 g/mol. The molecule has 0 fully saturated rings. The van der Waals surface area contributed by atoms with Crippen LogP contribution in [0.5, 0.6) is 0 Å². The third kappa shape index (κ3) is 1.51. The molecular formula is C8H7ClF2. The molecule has 0 unspecified atom stereocenters. The summed E-state index contributed by atoms with van der Waals surface area (Å²) in [6.07, 6.45) is 0. The van der Waals surface area contributed by atoms with E-state index < -0.39 is 12.5 Å². The van der Waals surface area contributed by atoms with E-state index in [9.17, 15) is 8.78 Å². The first-order valence-corrected chi connectivity index (χ1v) is 3.54. The Hall–Kier alpha value is -0.630. The molecule has 0 aliphatic carbocycles. The van der Waals surface area contributed by atoms with Crippen molar-refractivity contribution in [3.05, 3.63) is 34.1 Å². The van der Waals surface area contributed by atoms with E-state index >= 15 is 0 Å². The Balaban J connectivity index is 3.29. The standard InChI is InChI=1S/C8H7ClF2/c1-5-2-3-7(9)6(4-10)8(5)11/h2-3H,4H2,1H3. The fraction of sp³-hybridized carbons (Fsp3) is 0.250. The summed E-state index contributed by atoms with van der Waals surface area (Å²) >= 11 is 5.52. The smallest absolute Gasteiger partial charge is 0.133 e. The molecule has 0 bridgehead atoms. The number of hydrogen-bond donors (Lipinski definition) is 0. The molecule has 1 aromatic rings. The van der Waals surface area contributed by atoms with Crippen molar-refractivity contribution in [2.24, 2.45) is 0 Å². The van der Waals surface area contributed by atoms with Gasteiger partial charge in [-0.05, 0) is 18.6 Å². The predicted molar refractivity (Wildman–Crippen MR) is 41.0 cm³/mol. The normalized spacial score (nSPS) is 10.2. The van der Waals surface area contributed by atoms with Crippen LogP contribution in [0.4, 0.5) is 8.78 Å². The molecule has 0 aromatic heterocycles. The molecule has 11 heavy (non-hydrogen) atoms. The van der Waals surface area contributed by atoms with Crippen molar-refractivity contribution in [3.63, 3.8) is 0 Å². The first-order chi connectivity index (χ1) is 5.16. The van der Waals surface area contributed by atoms with E-state index in [1.54, 1.807) is 6.92 Å². The van der Waals surface area contributed by atoms with E-state index in [0.717, 1.165) is 0 Å². The van der Waals surface area contributed by atoms with Crippen LogP contribution in [-0.4, -0.2) is 0 Å². The monoisotopic (exact) mass is 176 g/mol.